The first kappa shape index (κ1) is 51.2. The van der Waals surface area contributed by atoms with Gasteiger partial charge >= 0.3 is 21.7 Å². The van der Waals surface area contributed by atoms with Crippen LogP contribution in [0.3, 0.4) is 0 Å². The van der Waals surface area contributed by atoms with E-state index in [4.69, 9.17) is 9.98 Å². The SMILES string of the molecule is CC(C)(C)c1cc(C=N[C@@H]2C[N+]([O-])(Cc3ccccc3)C[C@H]2N=Cc2cc(C(C)(C)C)cc(C(C)(C)C)c2[O-])c([O-])c(C(C)(C)C)c1.CC(C)[O-].CC(C)[O-].[Ti+4]. The van der Waals surface area contributed by atoms with Crippen molar-refractivity contribution in [2.45, 2.75) is 163 Å². The summed E-state index contributed by atoms with van der Waals surface area (Å²) >= 11 is 0. The summed E-state index contributed by atoms with van der Waals surface area (Å²) in [5, 5.41) is 60.7. The Morgan fingerprint density at radius 3 is 1.21 bits per heavy atom. The summed E-state index contributed by atoms with van der Waals surface area (Å²) in [7, 11) is 0. The first-order valence-electron chi connectivity index (χ1n) is 19.7. The second-order valence-electron chi connectivity index (χ2n) is 19.7. The summed E-state index contributed by atoms with van der Waals surface area (Å²) in [6.45, 7) is 32.3. The van der Waals surface area contributed by atoms with Gasteiger partial charge in [-0.2, -0.15) is 0 Å². The number of benzene rings is 3. The molecule has 0 saturated carbocycles. The van der Waals surface area contributed by atoms with Gasteiger partial charge in [0.05, 0.1) is 0 Å². The van der Waals surface area contributed by atoms with Crippen LogP contribution in [0.1, 0.15) is 150 Å². The van der Waals surface area contributed by atoms with E-state index in [-0.39, 0.29) is 68.0 Å². The molecule has 1 fully saturated rings. The number of hydrogen-bond acceptors (Lipinski definition) is 7. The fourth-order valence-electron chi connectivity index (χ4n) is 6.16. The summed E-state index contributed by atoms with van der Waals surface area (Å²) < 4.78 is -0.479. The molecule has 0 unspecified atom stereocenters. The second-order valence-corrected chi connectivity index (χ2v) is 19.7. The molecule has 0 aromatic heterocycles. The van der Waals surface area contributed by atoms with Gasteiger partial charge < -0.3 is 30.3 Å². The van der Waals surface area contributed by atoms with E-state index in [0.717, 1.165) is 27.8 Å². The van der Waals surface area contributed by atoms with Crippen LogP contribution in [-0.4, -0.2) is 54.5 Å². The van der Waals surface area contributed by atoms with Crippen molar-refractivity contribution >= 4 is 12.4 Å². The molecule has 306 valence electrons. The summed E-state index contributed by atoms with van der Waals surface area (Å²) in [6.07, 6.45) is 2.49. The Morgan fingerprint density at radius 2 is 0.929 bits per heavy atom. The normalized spacial score (nSPS) is 19.2. The molecule has 1 heterocycles. The molecular formula is C47H69N3O5Ti. The van der Waals surface area contributed by atoms with Crippen LogP contribution in [0.15, 0.2) is 64.6 Å². The maximum Gasteiger partial charge on any atom is 4.00 e. The fourth-order valence-corrected chi connectivity index (χ4v) is 6.16. The largest absolute Gasteiger partial charge is 4.00 e. The molecule has 1 aliphatic heterocycles. The minimum absolute atomic E-state index is 0. The van der Waals surface area contributed by atoms with Crippen molar-refractivity contribution in [3.8, 4) is 11.5 Å². The minimum Gasteiger partial charge on any atom is -0.872 e. The summed E-state index contributed by atoms with van der Waals surface area (Å²) in [5.41, 5.74) is 4.67. The van der Waals surface area contributed by atoms with E-state index in [1.807, 2.05) is 54.6 Å². The zero-order valence-corrected chi connectivity index (χ0v) is 38.7. The van der Waals surface area contributed by atoms with E-state index in [0.29, 0.717) is 17.7 Å². The first-order valence-corrected chi connectivity index (χ1v) is 19.7. The Kier molecular flexibility index (Phi) is 18.5. The fraction of sp³-hybridized carbons (Fsp3) is 0.574. The van der Waals surface area contributed by atoms with Gasteiger partial charge in [0, 0.05) is 18.0 Å². The van der Waals surface area contributed by atoms with E-state index in [1.165, 1.54) is 0 Å². The predicted octanol–water partition coefficient (Wildman–Crippen LogP) is 7.34. The van der Waals surface area contributed by atoms with E-state index in [9.17, 15) is 25.6 Å². The van der Waals surface area contributed by atoms with Crippen LogP contribution in [0, 0.1) is 5.21 Å². The van der Waals surface area contributed by atoms with Crippen LogP contribution in [0.25, 0.3) is 0 Å². The molecule has 0 N–H and O–H groups in total. The molecule has 3 aromatic carbocycles. The van der Waals surface area contributed by atoms with E-state index >= 15 is 0 Å². The van der Waals surface area contributed by atoms with Crippen molar-refractivity contribution < 1.29 is 46.8 Å². The number of nitrogens with zero attached hydrogens (tertiary/aromatic N) is 3. The molecule has 56 heavy (non-hydrogen) atoms. The summed E-state index contributed by atoms with van der Waals surface area (Å²) in [5.74, 6) is -0.0756. The van der Waals surface area contributed by atoms with Gasteiger partial charge in [-0.05, 0) is 55.0 Å². The molecule has 0 bridgehead atoms. The van der Waals surface area contributed by atoms with Gasteiger partial charge in [-0.3, -0.25) is 9.98 Å². The number of quaternary nitrogens is 1. The van der Waals surface area contributed by atoms with Crippen molar-refractivity contribution in [2.24, 2.45) is 9.98 Å². The van der Waals surface area contributed by atoms with E-state index in [2.05, 4.69) is 83.1 Å². The van der Waals surface area contributed by atoms with Crippen molar-refractivity contribution in [1.29, 1.82) is 0 Å². The number of aliphatic imine (C=N–C) groups is 2. The molecule has 8 nitrogen and oxygen atoms in total. The minimum atomic E-state index is -0.479. The van der Waals surface area contributed by atoms with Crippen LogP contribution >= 0.6 is 0 Å². The van der Waals surface area contributed by atoms with Gasteiger partial charge in [-0.1, -0.05) is 177 Å². The second kappa shape index (κ2) is 20.2. The molecule has 1 aliphatic rings. The molecule has 0 aliphatic carbocycles. The monoisotopic (exact) mass is 803 g/mol. The maximum absolute atomic E-state index is 14.3. The molecule has 0 radical (unpaired) electrons. The standard InChI is InChI=1S/C41H57N3O3.2C3H7O.Ti/c1-38(2,3)30-18-28(36(45)32(20-30)40(7,8)9)22-42-34-25-44(47,24-27-16-14-13-15-17-27)26-35(34)43-23-29-19-31(39(4,5)6)21-33(37(29)46)41(10,11)12;2*1-3(2)4;/h13-23,34-35,45-46H,24-26H2,1-12H3;2*3H,1-2H3;/q;2*-1;+4/p-2/t34-,35-,44?;;;/m1.../s1. The number of likely N-dealkylation sites (tertiary alicyclic amines) is 1. The average molecular weight is 804 g/mol. The average Bonchev–Trinajstić information content (AvgIpc) is 3.32. The van der Waals surface area contributed by atoms with E-state index in [1.54, 1.807) is 40.1 Å². The first-order chi connectivity index (χ1) is 24.9. The molecule has 0 spiro atoms. The maximum atomic E-state index is 14.3. The Balaban J connectivity index is 0.00000159. The van der Waals surface area contributed by atoms with Gasteiger partial charge in [-0.25, -0.2) is 0 Å². The summed E-state index contributed by atoms with van der Waals surface area (Å²) in [6, 6.07) is 16.8. The van der Waals surface area contributed by atoms with Crippen LogP contribution in [-0.2, 0) is 49.9 Å². The van der Waals surface area contributed by atoms with Crippen molar-refractivity contribution in [1.82, 2.24) is 0 Å². The van der Waals surface area contributed by atoms with Crippen LogP contribution < -0.4 is 20.4 Å². The molecule has 3 aromatic rings. The topological polar surface area (TPSA) is 140 Å². The van der Waals surface area contributed by atoms with Crippen molar-refractivity contribution in [3.05, 3.63) is 98.7 Å². The third kappa shape index (κ3) is 15.8. The molecule has 2 atom stereocenters. The predicted molar refractivity (Wildman–Crippen MR) is 223 cm³/mol. The van der Waals surface area contributed by atoms with Gasteiger partial charge in [0.15, 0.2) is 0 Å². The van der Waals surface area contributed by atoms with Crippen molar-refractivity contribution in [2.75, 3.05) is 13.1 Å². The Labute approximate surface area is 354 Å². The smallest absolute Gasteiger partial charge is 0.872 e. The van der Waals surface area contributed by atoms with Gasteiger partial charge in [0.1, 0.15) is 31.7 Å². The van der Waals surface area contributed by atoms with Gasteiger partial charge in [0.25, 0.3) is 0 Å². The molecular weight excluding hydrogens is 734 g/mol. The number of hydrogen-bond donors (Lipinski definition) is 0. The molecule has 4 rings (SSSR count). The third-order valence-electron chi connectivity index (χ3n) is 9.19. The van der Waals surface area contributed by atoms with Gasteiger partial charge in [0.2, 0.25) is 0 Å². The molecule has 1 saturated heterocycles. The number of hydroxylamine groups is 3. The number of rotatable bonds is 6. The van der Waals surface area contributed by atoms with Crippen LogP contribution in [0.5, 0.6) is 11.5 Å². The molecule has 0 amide bonds. The Hall–Kier alpha value is -2.85. The van der Waals surface area contributed by atoms with Crippen molar-refractivity contribution in [3.63, 3.8) is 0 Å². The Morgan fingerprint density at radius 1 is 0.607 bits per heavy atom. The third-order valence-corrected chi connectivity index (χ3v) is 9.19. The zero-order valence-electron chi connectivity index (χ0n) is 37.2. The quantitative estimate of drug-likeness (QED) is 0.111. The summed E-state index contributed by atoms with van der Waals surface area (Å²) in [4.78, 5) is 9.87. The zero-order chi connectivity index (χ0) is 42.3. The van der Waals surface area contributed by atoms with Crippen LogP contribution in [0.4, 0.5) is 0 Å². The van der Waals surface area contributed by atoms with Gasteiger partial charge in [-0.15, -0.1) is 12.2 Å². The molecule has 9 heteroatoms. The Bertz CT molecular complexity index is 1630. The van der Waals surface area contributed by atoms with E-state index < -0.39 is 28.9 Å². The van der Waals surface area contributed by atoms with Crippen LogP contribution in [0.2, 0.25) is 0 Å².